The Bertz CT molecular complexity index is 208. The van der Waals surface area contributed by atoms with Gasteiger partial charge in [-0.1, -0.05) is 37.6 Å². The standard InChI is InChI=1S/C12H21BS/c1-9(13)6-4-5-7-12-8-14-11(3)10(12)2/h9,12H,4-8H2,1-3H3. The van der Waals surface area contributed by atoms with E-state index >= 15 is 0 Å². The third-order valence-electron chi connectivity index (χ3n) is 3.13. The van der Waals surface area contributed by atoms with Crippen molar-refractivity contribution in [1.29, 1.82) is 0 Å². The molecule has 1 aliphatic heterocycles. The smallest absolute Gasteiger partial charge is 0.0695 e. The average Bonchev–Trinajstić information content (AvgIpc) is 2.43. The van der Waals surface area contributed by atoms with Crippen LogP contribution in [0.4, 0.5) is 0 Å². The van der Waals surface area contributed by atoms with Crippen LogP contribution in [0.3, 0.4) is 0 Å². The average molecular weight is 208 g/mol. The van der Waals surface area contributed by atoms with Crippen LogP contribution in [-0.2, 0) is 0 Å². The Morgan fingerprint density at radius 2 is 2.14 bits per heavy atom. The maximum Gasteiger partial charge on any atom is 0.0695 e. The Morgan fingerprint density at radius 1 is 1.43 bits per heavy atom. The summed E-state index contributed by atoms with van der Waals surface area (Å²) in [5, 5.41) is 0. The predicted octanol–water partition coefficient (Wildman–Crippen LogP) is 4.18. The number of unbranched alkanes of at least 4 members (excludes halogenated alkanes) is 1. The van der Waals surface area contributed by atoms with E-state index in [-0.39, 0.29) is 0 Å². The van der Waals surface area contributed by atoms with E-state index in [1.165, 1.54) is 31.4 Å². The van der Waals surface area contributed by atoms with Crippen molar-refractivity contribution in [2.45, 2.75) is 52.3 Å². The molecule has 1 rings (SSSR count). The summed E-state index contributed by atoms with van der Waals surface area (Å²) in [5.41, 5.74) is 1.63. The van der Waals surface area contributed by atoms with Crippen molar-refractivity contribution < 1.29 is 0 Å². The van der Waals surface area contributed by atoms with E-state index in [0.29, 0.717) is 5.82 Å². The van der Waals surface area contributed by atoms with Gasteiger partial charge in [0.2, 0.25) is 0 Å². The molecule has 0 aromatic rings. The fraction of sp³-hybridized carbons (Fsp3) is 0.833. The number of allylic oxidation sites excluding steroid dienone is 2. The first-order chi connectivity index (χ1) is 6.61. The molecule has 0 saturated carbocycles. The van der Waals surface area contributed by atoms with Gasteiger partial charge in [-0.25, -0.2) is 0 Å². The molecule has 0 nitrogen and oxygen atoms in total. The molecule has 2 heteroatoms. The summed E-state index contributed by atoms with van der Waals surface area (Å²) in [6, 6.07) is 0. The SMILES string of the molecule is [B]C(C)CCCCC1CSC(C)=C1C. The Balaban J connectivity index is 2.14. The third kappa shape index (κ3) is 3.72. The molecule has 0 aromatic carbocycles. The maximum absolute atomic E-state index is 5.72. The second kappa shape index (κ2) is 5.90. The van der Waals surface area contributed by atoms with Crippen molar-refractivity contribution in [1.82, 2.24) is 0 Å². The minimum absolute atomic E-state index is 0.381. The molecule has 0 amide bonds. The fourth-order valence-electron chi connectivity index (χ4n) is 1.91. The molecule has 14 heavy (non-hydrogen) atoms. The monoisotopic (exact) mass is 208 g/mol. The molecule has 1 aliphatic rings. The molecule has 1 heterocycles. The Kier molecular flexibility index (Phi) is 5.15. The zero-order chi connectivity index (χ0) is 10.6. The number of hydrogen-bond acceptors (Lipinski definition) is 1. The van der Waals surface area contributed by atoms with Crippen molar-refractivity contribution in [3.63, 3.8) is 0 Å². The van der Waals surface area contributed by atoms with Crippen LogP contribution in [0.5, 0.6) is 0 Å². The van der Waals surface area contributed by atoms with Gasteiger partial charge >= 0.3 is 0 Å². The summed E-state index contributed by atoms with van der Waals surface area (Å²) in [4.78, 5) is 1.56. The molecule has 2 unspecified atom stereocenters. The highest BCUT2D eigenvalue weighted by atomic mass is 32.2. The fourth-order valence-corrected chi connectivity index (χ4v) is 3.17. The molecule has 0 saturated heterocycles. The van der Waals surface area contributed by atoms with Gasteiger partial charge in [-0.05, 0) is 31.1 Å². The van der Waals surface area contributed by atoms with Gasteiger partial charge in [0.05, 0.1) is 7.85 Å². The molecule has 2 radical (unpaired) electrons. The normalized spacial score (nSPS) is 24.4. The summed E-state index contributed by atoms with van der Waals surface area (Å²) in [7, 11) is 5.72. The molecule has 0 aliphatic carbocycles. The van der Waals surface area contributed by atoms with E-state index in [1.54, 1.807) is 10.5 Å². The van der Waals surface area contributed by atoms with Gasteiger partial charge in [0.1, 0.15) is 0 Å². The quantitative estimate of drug-likeness (QED) is 0.482. The number of thioether (sulfide) groups is 1. The highest BCUT2D eigenvalue weighted by Gasteiger charge is 2.19. The van der Waals surface area contributed by atoms with Crippen molar-refractivity contribution in [3.05, 3.63) is 10.5 Å². The summed E-state index contributed by atoms with van der Waals surface area (Å²) in [5.74, 6) is 2.55. The van der Waals surface area contributed by atoms with Crippen LogP contribution >= 0.6 is 11.8 Å². The second-order valence-corrected chi connectivity index (χ2v) is 5.74. The first-order valence-corrected chi connectivity index (χ1v) is 6.65. The van der Waals surface area contributed by atoms with Gasteiger partial charge < -0.3 is 0 Å². The first kappa shape index (κ1) is 12.2. The lowest BCUT2D eigenvalue weighted by molar-refractivity contribution is 0.551. The second-order valence-electron chi connectivity index (χ2n) is 4.51. The summed E-state index contributed by atoms with van der Waals surface area (Å²) < 4.78 is 0. The van der Waals surface area contributed by atoms with Gasteiger partial charge in [0, 0.05) is 5.75 Å². The molecule has 78 valence electrons. The largest absolute Gasteiger partial charge is 0.130 e. The van der Waals surface area contributed by atoms with E-state index in [0.717, 1.165) is 5.92 Å². The van der Waals surface area contributed by atoms with Gasteiger partial charge in [-0.15, -0.1) is 11.8 Å². The van der Waals surface area contributed by atoms with Crippen LogP contribution in [0.1, 0.15) is 46.5 Å². The molecular formula is C12H21BS. The highest BCUT2D eigenvalue weighted by molar-refractivity contribution is 8.03. The van der Waals surface area contributed by atoms with E-state index in [4.69, 9.17) is 7.85 Å². The summed E-state index contributed by atoms with van der Waals surface area (Å²) in [6.45, 7) is 6.65. The van der Waals surface area contributed by atoms with Crippen LogP contribution < -0.4 is 0 Å². The third-order valence-corrected chi connectivity index (χ3v) is 4.45. The molecular weight excluding hydrogens is 187 g/mol. The summed E-state index contributed by atoms with van der Waals surface area (Å²) >= 11 is 2.03. The van der Waals surface area contributed by atoms with Gasteiger partial charge in [-0.2, -0.15) is 0 Å². The molecule has 0 fully saturated rings. The molecule has 0 spiro atoms. The Morgan fingerprint density at radius 3 is 2.64 bits per heavy atom. The van der Waals surface area contributed by atoms with Gasteiger partial charge in [0.25, 0.3) is 0 Å². The van der Waals surface area contributed by atoms with E-state index in [1.807, 2.05) is 11.8 Å². The Labute approximate surface area is 94.3 Å². The number of rotatable bonds is 5. The minimum Gasteiger partial charge on any atom is -0.130 e. The predicted molar refractivity (Wildman–Crippen MR) is 68.0 cm³/mol. The van der Waals surface area contributed by atoms with E-state index in [9.17, 15) is 0 Å². The Hall–Kier alpha value is 0.155. The molecule has 0 N–H and O–H groups in total. The van der Waals surface area contributed by atoms with Gasteiger partial charge in [0.15, 0.2) is 0 Å². The molecule has 0 aromatic heterocycles. The van der Waals surface area contributed by atoms with Crippen LogP contribution in [0, 0.1) is 5.92 Å². The molecule has 2 atom stereocenters. The topological polar surface area (TPSA) is 0 Å². The lowest BCUT2D eigenvalue weighted by atomic mass is 9.84. The van der Waals surface area contributed by atoms with E-state index < -0.39 is 0 Å². The van der Waals surface area contributed by atoms with Crippen molar-refractivity contribution in [2.24, 2.45) is 5.92 Å². The van der Waals surface area contributed by atoms with Crippen molar-refractivity contribution in [3.8, 4) is 0 Å². The lowest BCUT2D eigenvalue weighted by Crippen LogP contribution is -2.01. The van der Waals surface area contributed by atoms with Crippen LogP contribution in [0.2, 0.25) is 5.82 Å². The van der Waals surface area contributed by atoms with Gasteiger partial charge in [-0.3, -0.25) is 0 Å². The zero-order valence-corrected chi connectivity index (χ0v) is 10.5. The van der Waals surface area contributed by atoms with E-state index in [2.05, 4.69) is 20.8 Å². The first-order valence-electron chi connectivity index (χ1n) is 5.67. The highest BCUT2D eigenvalue weighted by Crippen LogP contribution is 2.37. The van der Waals surface area contributed by atoms with Crippen molar-refractivity contribution in [2.75, 3.05) is 5.75 Å². The lowest BCUT2D eigenvalue weighted by Gasteiger charge is -2.11. The minimum atomic E-state index is 0.381. The maximum atomic E-state index is 5.72. The van der Waals surface area contributed by atoms with Crippen LogP contribution in [0.25, 0.3) is 0 Å². The molecule has 0 bridgehead atoms. The van der Waals surface area contributed by atoms with Crippen molar-refractivity contribution >= 4 is 19.6 Å². The van der Waals surface area contributed by atoms with Crippen LogP contribution in [-0.4, -0.2) is 13.6 Å². The summed E-state index contributed by atoms with van der Waals surface area (Å²) in [6.07, 6.45) is 5.19. The zero-order valence-electron chi connectivity index (χ0n) is 9.68. The number of hydrogen-bond donors (Lipinski definition) is 0. The van der Waals surface area contributed by atoms with Crippen LogP contribution in [0.15, 0.2) is 10.5 Å².